The fourth-order valence-corrected chi connectivity index (χ4v) is 3.13. The summed E-state index contributed by atoms with van der Waals surface area (Å²) in [5.74, 6) is -1.42. The van der Waals surface area contributed by atoms with Crippen LogP contribution in [0, 0.1) is 11.6 Å². The highest BCUT2D eigenvalue weighted by molar-refractivity contribution is 5.77. The van der Waals surface area contributed by atoms with E-state index in [4.69, 9.17) is 0 Å². The number of hydrogen-bond donors (Lipinski definition) is 1. The minimum atomic E-state index is -0.933. The number of likely N-dealkylation sites (N-methyl/N-ethyl adjacent to an activating group) is 1. The SMILES string of the molecule is CN1CCN(C2CCC(O)c3c(F)cc(F)cc32)C1=O. The number of urea groups is 1. The van der Waals surface area contributed by atoms with Crippen LogP contribution in [-0.2, 0) is 0 Å². The molecule has 0 aromatic heterocycles. The normalized spacial score (nSPS) is 26.1. The number of aliphatic hydroxyl groups is 1. The summed E-state index contributed by atoms with van der Waals surface area (Å²) in [5, 5.41) is 9.94. The molecule has 2 amide bonds. The van der Waals surface area contributed by atoms with Gasteiger partial charge in [-0.3, -0.25) is 0 Å². The Morgan fingerprint density at radius 3 is 2.65 bits per heavy atom. The molecule has 2 unspecified atom stereocenters. The van der Waals surface area contributed by atoms with Crippen LogP contribution in [0.2, 0.25) is 0 Å². The number of amides is 2. The van der Waals surface area contributed by atoms with E-state index in [0.717, 1.165) is 6.07 Å². The van der Waals surface area contributed by atoms with Gasteiger partial charge < -0.3 is 14.9 Å². The molecule has 0 radical (unpaired) electrons. The van der Waals surface area contributed by atoms with Gasteiger partial charge in [-0.1, -0.05) is 0 Å². The van der Waals surface area contributed by atoms with E-state index in [1.165, 1.54) is 6.07 Å². The molecule has 1 fully saturated rings. The lowest BCUT2D eigenvalue weighted by Gasteiger charge is -2.35. The lowest BCUT2D eigenvalue weighted by atomic mass is 9.84. The van der Waals surface area contributed by atoms with Gasteiger partial charge in [0.15, 0.2) is 0 Å². The molecular weight excluding hydrogens is 266 g/mol. The zero-order valence-electron chi connectivity index (χ0n) is 11.1. The van der Waals surface area contributed by atoms with Crippen molar-refractivity contribution < 1.29 is 18.7 Å². The first-order valence-electron chi connectivity index (χ1n) is 6.67. The Kier molecular flexibility index (Phi) is 3.12. The second-order valence-electron chi connectivity index (χ2n) is 5.40. The van der Waals surface area contributed by atoms with Crippen LogP contribution >= 0.6 is 0 Å². The fourth-order valence-electron chi connectivity index (χ4n) is 3.13. The molecule has 1 aromatic carbocycles. The van der Waals surface area contributed by atoms with E-state index < -0.39 is 17.7 Å². The number of aliphatic hydroxyl groups excluding tert-OH is 1. The number of rotatable bonds is 1. The molecule has 2 aliphatic rings. The second kappa shape index (κ2) is 4.70. The van der Waals surface area contributed by atoms with Gasteiger partial charge in [-0.15, -0.1) is 0 Å². The standard InChI is InChI=1S/C14H16F2N2O2/c1-17-4-5-18(14(17)20)11-2-3-12(19)13-9(11)6-8(15)7-10(13)16/h6-7,11-12,19H,2-5H2,1H3. The molecule has 20 heavy (non-hydrogen) atoms. The van der Waals surface area contributed by atoms with E-state index in [2.05, 4.69) is 0 Å². The largest absolute Gasteiger partial charge is 0.388 e. The molecule has 3 rings (SSSR count). The quantitative estimate of drug-likeness (QED) is 0.858. The van der Waals surface area contributed by atoms with Gasteiger partial charge in [-0.05, 0) is 24.5 Å². The van der Waals surface area contributed by atoms with Crippen LogP contribution in [0.25, 0.3) is 0 Å². The third-order valence-electron chi connectivity index (χ3n) is 4.16. The average molecular weight is 282 g/mol. The van der Waals surface area contributed by atoms with Crippen molar-refractivity contribution >= 4 is 6.03 Å². The van der Waals surface area contributed by atoms with Gasteiger partial charge in [0.1, 0.15) is 11.6 Å². The second-order valence-corrected chi connectivity index (χ2v) is 5.40. The topological polar surface area (TPSA) is 43.8 Å². The Bertz CT molecular complexity index is 564. The Balaban J connectivity index is 2.05. The molecule has 0 spiro atoms. The van der Waals surface area contributed by atoms with E-state index >= 15 is 0 Å². The Morgan fingerprint density at radius 1 is 1.25 bits per heavy atom. The smallest absolute Gasteiger partial charge is 0.320 e. The van der Waals surface area contributed by atoms with Crippen LogP contribution in [0.5, 0.6) is 0 Å². The van der Waals surface area contributed by atoms with Gasteiger partial charge in [0.05, 0.1) is 12.1 Å². The minimum absolute atomic E-state index is 0.130. The van der Waals surface area contributed by atoms with E-state index in [1.54, 1.807) is 16.8 Å². The first-order valence-corrected chi connectivity index (χ1v) is 6.67. The van der Waals surface area contributed by atoms with Gasteiger partial charge >= 0.3 is 6.03 Å². The van der Waals surface area contributed by atoms with E-state index in [-0.39, 0.29) is 17.6 Å². The molecule has 1 aliphatic carbocycles. The van der Waals surface area contributed by atoms with Crippen molar-refractivity contribution in [3.63, 3.8) is 0 Å². The van der Waals surface area contributed by atoms with Gasteiger partial charge in [-0.2, -0.15) is 0 Å². The third-order valence-corrected chi connectivity index (χ3v) is 4.16. The maximum atomic E-state index is 13.9. The van der Waals surface area contributed by atoms with Crippen molar-refractivity contribution in [1.29, 1.82) is 0 Å². The average Bonchev–Trinajstić information content (AvgIpc) is 2.70. The Labute approximate surface area is 115 Å². The molecular formula is C14H16F2N2O2. The number of carbonyl (C=O) groups is 1. The highest BCUT2D eigenvalue weighted by Crippen LogP contribution is 2.41. The van der Waals surface area contributed by atoms with Gasteiger partial charge in [-0.25, -0.2) is 13.6 Å². The summed E-state index contributed by atoms with van der Waals surface area (Å²) >= 11 is 0. The predicted octanol–water partition coefficient (Wildman–Crippen LogP) is 2.20. The van der Waals surface area contributed by atoms with E-state index in [9.17, 15) is 18.7 Å². The summed E-state index contributed by atoms with van der Waals surface area (Å²) in [6.45, 7) is 1.14. The fraction of sp³-hybridized carbons (Fsp3) is 0.500. The van der Waals surface area contributed by atoms with E-state index in [1.807, 2.05) is 0 Å². The van der Waals surface area contributed by atoms with Crippen molar-refractivity contribution in [2.24, 2.45) is 0 Å². The molecule has 1 saturated heterocycles. The number of benzene rings is 1. The molecule has 1 aliphatic heterocycles. The van der Waals surface area contributed by atoms with Crippen LogP contribution < -0.4 is 0 Å². The third kappa shape index (κ3) is 1.95. The predicted molar refractivity (Wildman–Crippen MR) is 68.0 cm³/mol. The lowest BCUT2D eigenvalue weighted by Crippen LogP contribution is -2.35. The molecule has 4 nitrogen and oxygen atoms in total. The molecule has 108 valence electrons. The van der Waals surface area contributed by atoms with Crippen molar-refractivity contribution in [2.45, 2.75) is 25.0 Å². The first kappa shape index (κ1) is 13.3. The molecule has 1 heterocycles. The Hall–Kier alpha value is -1.69. The number of fused-ring (bicyclic) bond motifs is 1. The summed E-state index contributed by atoms with van der Waals surface area (Å²) in [4.78, 5) is 15.3. The van der Waals surface area contributed by atoms with E-state index in [0.29, 0.717) is 31.5 Å². The zero-order chi connectivity index (χ0) is 14.4. The zero-order valence-corrected chi connectivity index (χ0v) is 11.1. The maximum Gasteiger partial charge on any atom is 0.320 e. The molecule has 1 N–H and O–H groups in total. The monoisotopic (exact) mass is 282 g/mol. The van der Waals surface area contributed by atoms with Crippen LogP contribution in [-0.4, -0.2) is 41.1 Å². The summed E-state index contributed by atoms with van der Waals surface area (Å²) in [6.07, 6.45) is -0.0538. The number of carbonyl (C=O) groups excluding carboxylic acids is 1. The summed E-state index contributed by atoms with van der Waals surface area (Å²) in [5.41, 5.74) is 0.523. The molecule has 0 saturated carbocycles. The van der Waals surface area contributed by atoms with Crippen LogP contribution in [0.3, 0.4) is 0 Å². The molecule has 1 aromatic rings. The van der Waals surface area contributed by atoms with Crippen LogP contribution in [0.15, 0.2) is 12.1 Å². The summed E-state index contributed by atoms with van der Waals surface area (Å²) < 4.78 is 27.4. The van der Waals surface area contributed by atoms with Crippen LogP contribution in [0.1, 0.15) is 36.1 Å². The number of nitrogens with zero attached hydrogens (tertiary/aromatic N) is 2. The summed E-state index contributed by atoms with van der Waals surface area (Å²) in [6, 6.07) is 1.51. The van der Waals surface area contributed by atoms with Gasteiger partial charge in [0.2, 0.25) is 0 Å². The molecule has 2 atom stereocenters. The molecule has 6 heteroatoms. The molecule has 0 bridgehead atoms. The van der Waals surface area contributed by atoms with Crippen molar-refractivity contribution in [3.8, 4) is 0 Å². The first-order chi connectivity index (χ1) is 9.49. The highest BCUT2D eigenvalue weighted by Gasteiger charge is 2.38. The highest BCUT2D eigenvalue weighted by atomic mass is 19.1. The van der Waals surface area contributed by atoms with Gasteiger partial charge in [0, 0.05) is 31.8 Å². The maximum absolute atomic E-state index is 13.9. The van der Waals surface area contributed by atoms with Gasteiger partial charge in [0.25, 0.3) is 0 Å². The van der Waals surface area contributed by atoms with Crippen molar-refractivity contribution in [1.82, 2.24) is 9.80 Å². The van der Waals surface area contributed by atoms with Crippen molar-refractivity contribution in [2.75, 3.05) is 20.1 Å². The van der Waals surface area contributed by atoms with Crippen molar-refractivity contribution in [3.05, 3.63) is 34.9 Å². The summed E-state index contributed by atoms with van der Waals surface area (Å²) in [7, 11) is 1.70. The minimum Gasteiger partial charge on any atom is -0.388 e. The number of hydrogen-bond acceptors (Lipinski definition) is 2. The number of halogens is 2. The Morgan fingerprint density at radius 2 is 2.00 bits per heavy atom. The lowest BCUT2D eigenvalue weighted by molar-refractivity contribution is 0.119. The van der Waals surface area contributed by atoms with Crippen LogP contribution in [0.4, 0.5) is 13.6 Å².